The van der Waals surface area contributed by atoms with Crippen LogP contribution < -0.4 is 0 Å². The fraction of sp³-hybridized carbons (Fsp3) is 0.667. The molecule has 0 aliphatic rings. The molecule has 0 spiro atoms. The summed E-state index contributed by atoms with van der Waals surface area (Å²) < 4.78 is 16.8. The lowest BCUT2D eigenvalue weighted by Crippen LogP contribution is -2.30. The van der Waals surface area contributed by atoms with Gasteiger partial charge in [0.1, 0.15) is 13.2 Å². The van der Waals surface area contributed by atoms with Crippen LogP contribution in [0.4, 0.5) is 0 Å². The molecule has 0 unspecified atom stereocenters. The Morgan fingerprint density at radius 2 is 0.565 bits per heavy atom. The minimum Gasteiger partial charge on any atom is -0.462 e. The number of carbonyl (C=O) groups excluding carboxylic acids is 3. The summed E-state index contributed by atoms with van der Waals surface area (Å²) in [5.74, 6) is -0.967. The first-order valence-electron chi connectivity index (χ1n) is 28.4. The van der Waals surface area contributed by atoms with Crippen molar-refractivity contribution >= 4 is 17.9 Å². The Hall–Kier alpha value is -3.93. The van der Waals surface area contributed by atoms with Crippen LogP contribution in [-0.2, 0) is 28.6 Å². The molecule has 392 valence electrons. The molecule has 0 bridgehead atoms. The maximum atomic E-state index is 12.8. The van der Waals surface area contributed by atoms with Crippen LogP contribution in [0.5, 0.6) is 0 Å². The Morgan fingerprint density at radius 1 is 0.304 bits per heavy atom. The van der Waals surface area contributed by atoms with Gasteiger partial charge in [-0.2, -0.15) is 0 Å². The zero-order valence-corrected chi connectivity index (χ0v) is 44.8. The summed E-state index contributed by atoms with van der Waals surface area (Å²) in [7, 11) is 0. The maximum absolute atomic E-state index is 12.8. The topological polar surface area (TPSA) is 78.9 Å². The van der Waals surface area contributed by atoms with Crippen LogP contribution in [0.15, 0.2) is 109 Å². The smallest absolute Gasteiger partial charge is 0.306 e. The zero-order chi connectivity index (χ0) is 50.0. The van der Waals surface area contributed by atoms with E-state index >= 15 is 0 Å². The highest BCUT2D eigenvalue weighted by Gasteiger charge is 2.19. The van der Waals surface area contributed by atoms with Crippen LogP contribution in [0.1, 0.15) is 252 Å². The first-order valence-corrected chi connectivity index (χ1v) is 28.4. The summed E-state index contributed by atoms with van der Waals surface area (Å²) in [5.41, 5.74) is 0. The number of ether oxygens (including phenoxy) is 3. The van der Waals surface area contributed by atoms with Gasteiger partial charge < -0.3 is 14.2 Å². The Labute approximate surface area is 425 Å². The van der Waals surface area contributed by atoms with Crippen molar-refractivity contribution in [3.63, 3.8) is 0 Å². The van der Waals surface area contributed by atoms with Crippen molar-refractivity contribution in [1.82, 2.24) is 0 Å². The quantitative estimate of drug-likeness (QED) is 0.0262. The lowest BCUT2D eigenvalue weighted by Gasteiger charge is -2.18. The molecule has 0 aromatic heterocycles. The predicted octanol–water partition coefficient (Wildman–Crippen LogP) is 19.1. The molecule has 69 heavy (non-hydrogen) atoms. The highest BCUT2D eigenvalue weighted by Crippen LogP contribution is 2.13. The Kier molecular flexibility index (Phi) is 53.4. The van der Waals surface area contributed by atoms with E-state index in [1.54, 1.807) is 0 Å². The van der Waals surface area contributed by atoms with Gasteiger partial charge >= 0.3 is 17.9 Å². The van der Waals surface area contributed by atoms with Crippen molar-refractivity contribution in [2.75, 3.05) is 13.2 Å². The summed E-state index contributed by atoms with van der Waals surface area (Å²) in [6.07, 6.45) is 76.4. The fourth-order valence-electron chi connectivity index (χ4n) is 7.47. The lowest BCUT2D eigenvalue weighted by molar-refractivity contribution is -0.167. The molecule has 0 heterocycles. The predicted molar refractivity (Wildman–Crippen MR) is 297 cm³/mol. The molecule has 0 amide bonds. The number of rotatable bonds is 50. The number of carbonyl (C=O) groups is 3. The number of allylic oxidation sites excluding steroid dienone is 18. The van der Waals surface area contributed by atoms with E-state index in [1.807, 2.05) is 0 Å². The standard InChI is InChI=1S/C63H104O6/c1-4-7-10-13-16-19-22-25-28-30-31-33-36-39-42-45-48-51-54-57-63(66)69-60(58-67-61(64)55-52-49-46-43-40-37-34-27-24-21-18-15-12-9-6-3)59-68-62(65)56-53-50-47-44-41-38-35-32-29-26-23-20-17-14-11-8-5-2/h7,10,16-17,19-20,25-29,31,33-35,38-39,42,60H,4-6,8-9,11-15,18,21-24,30,32,36-37,40-41,43-59H2,1-3H3/b10-7-,19-16-,20-17-,28-25-,29-26-,33-31-,34-27-,38-35-,42-39-/t60-/m0/s1. The summed E-state index contributed by atoms with van der Waals surface area (Å²) >= 11 is 0. The molecule has 1 atom stereocenters. The van der Waals surface area contributed by atoms with Gasteiger partial charge in [-0.3, -0.25) is 14.4 Å². The third kappa shape index (κ3) is 54.9. The zero-order valence-electron chi connectivity index (χ0n) is 44.8. The van der Waals surface area contributed by atoms with Gasteiger partial charge in [0.25, 0.3) is 0 Å². The highest BCUT2D eigenvalue weighted by molar-refractivity contribution is 5.71. The molecule has 0 aromatic rings. The average molecular weight is 958 g/mol. The number of unbranched alkanes of at least 4 members (excludes halogenated alkanes) is 21. The minimum atomic E-state index is -0.811. The van der Waals surface area contributed by atoms with E-state index in [2.05, 4.69) is 130 Å². The van der Waals surface area contributed by atoms with Gasteiger partial charge in [0.15, 0.2) is 6.10 Å². The van der Waals surface area contributed by atoms with E-state index in [0.29, 0.717) is 12.8 Å². The molecule has 0 N–H and O–H groups in total. The second-order valence-electron chi connectivity index (χ2n) is 18.5. The van der Waals surface area contributed by atoms with Gasteiger partial charge in [0.05, 0.1) is 0 Å². The Bertz CT molecular complexity index is 1420. The average Bonchev–Trinajstić information content (AvgIpc) is 3.35. The van der Waals surface area contributed by atoms with Crippen molar-refractivity contribution in [3.8, 4) is 0 Å². The molecule has 0 saturated carbocycles. The molecule has 0 radical (unpaired) electrons. The first-order chi connectivity index (χ1) is 34.0. The minimum absolute atomic E-state index is 0.105. The van der Waals surface area contributed by atoms with Gasteiger partial charge in [0, 0.05) is 19.3 Å². The van der Waals surface area contributed by atoms with E-state index < -0.39 is 6.10 Å². The second-order valence-corrected chi connectivity index (χ2v) is 18.5. The monoisotopic (exact) mass is 957 g/mol. The van der Waals surface area contributed by atoms with E-state index in [4.69, 9.17) is 14.2 Å². The van der Waals surface area contributed by atoms with E-state index in [0.717, 1.165) is 135 Å². The number of hydrogen-bond donors (Lipinski definition) is 0. The third-order valence-electron chi connectivity index (χ3n) is 11.7. The normalized spacial score (nSPS) is 12.9. The largest absolute Gasteiger partial charge is 0.462 e. The van der Waals surface area contributed by atoms with Crippen molar-refractivity contribution in [3.05, 3.63) is 109 Å². The number of hydrogen-bond acceptors (Lipinski definition) is 6. The van der Waals surface area contributed by atoms with Gasteiger partial charge in [0.2, 0.25) is 0 Å². The van der Waals surface area contributed by atoms with E-state index in [9.17, 15) is 14.4 Å². The first kappa shape index (κ1) is 65.1. The summed E-state index contributed by atoms with van der Waals surface area (Å²) in [6.45, 7) is 6.44. The van der Waals surface area contributed by atoms with Crippen molar-refractivity contribution in [2.45, 2.75) is 258 Å². The van der Waals surface area contributed by atoms with Crippen molar-refractivity contribution < 1.29 is 28.6 Å². The third-order valence-corrected chi connectivity index (χ3v) is 11.7. The van der Waals surface area contributed by atoms with Crippen LogP contribution in [0.2, 0.25) is 0 Å². The van der Waals surface area contributed by atoms with E-state index in [-0.39, 0.29) is 37.5 Å². The molecule has 0 aromatic carbocycles. The summed E-state index contributed by atoms with van der Waals surface area (Å²) in [4.78, 5) is 38.1. The summed E-state index contributed by atoms with van der Waals surface area (Å²) in [6, 6.07) is 0. The van der Waals surface area contributed by atoms with Crippen LogP contribution in [0, 0.1) is 0 Å². The molecule has 6 heteroatoms. The second kappa shape index (κ2) is 56.7. The molecule has 6 nitrogen and oxygen atoms in total. The van der Waals surface area contributed by atoms with Gasteiger partial charge in [-0.25, -0.2) is 0 Å². The molecule has 0 aliphatic heterocycles. The van der Waals surface area contributed by atoms with Crippen LogP contribution >= 0.6 is 0 Å². The van der Waals surface area contributed by atoms with Crippen molar-refractivity contribution in [1.29, 1.82) is 0 Å². The number of esters is 3. The fourth-order valence-corrected chi connectivity index (χ4v) is 7.47. The van der Waals surface area contributed by atoms with E-state index in [1.165, 1.54) is 77.0 Å². The Balaban J connectivity index is 4.52. The van der Waals surface area contributed by atoms with Gasteiger partial charge in [-0.1, -0.05) is 214 Å². The van der Waals surface area contributed by atoms with Gasteiger partial charge in [-0.05, 0) is 128 Å². The molecule has 0 rings (SSSR count). The molecule has 0 aliphatic carbocycles. The lowest BCUT2D eigenvalue weighted by atomic mass is 10.1. The molecule has 0 saturated heterocycles. The SMILES string of the molecule is CC/C=C\C/C=C\C/C=C\C/C=C\C/C=C\CCCCCC(=O)O[C@H](COC(=O)CCCCCC/C=C\C/C=C\C/C=C\CCCCC)COC(=O)CCCCCCC/C=C\CCCCCCCC. The van der Waals surface area contributed by atoms with Crippen molar-refractivity contribution in [2.24, 2.45) is 0 Å². The van der Waals surface area contributed by atoms with Crippen LogP contribution in [-0.4, -0.2) is 37.2 Å². The Morgan fingerprint density at radius 3 is 0.942 bits per heavy atom. The maximum Gasteiger partial charge on any atom is 0.306 e. The molecular weight excluding hydrogens is 853 g/mol. The van der Waals surface area contributed by atoms with Gasteiger partial charge in [-0.15, -0.1) is 0 Å². The molecule has 0 fully saturated rings. The molecular formula is C63H104O6. The van der Waals surface area contributed by atoms with Crippen LogP contribution in [0.25, 0.3) is 0 Å². The van der Waals surface area contributed by atoms with Crippen LogP contribution in [0.3, 0.4) is 0 Å². The highest BCUT2D eigenvalue weighted by atomic mass is 16.6. The summed E-state index contributed by atoms with van der Waals surface area (Å²) in [5, 5.41) is 0.